The van der Waals surface area contributed by atoms with E-state index in [9.17, 15) is 0 Å². The molecule has 2 heteroatoms. The van der Waals surface area contributed by atoms with Gasteiger partial charge in [-0.15, -0.1) is 0 Å². The summed E-state index contributed by atoms with van der Waals surface area (Å²) >= 11 is 1.97. The summed E-state index contributed by atoms with van der Waals surface area (Å²) in [7, 11) is 0. The Hall–Kier alpha value is -0.630. The molecule has 0 fully saturated rings. The summed E-state index contributed by atoms with van der Waals surface area (Å²) in [5.41, 5.74) is 8.04. The van der Waals surface area contributed by atoms with Gasteiger partial charge in [0.05, 0.1) is 0 Å². The van der Waals surface area contributed by atoms with Crippen LogP contribution in [0.1, 0.15) is 25.8 Å². The summed E-state index contributed by atoms with van der Waals surface area (Å²) < 4.78 is 0. The van der Waals surface area contributed by atoms with Crippen molar-refractivity contribution in [1.29, 1.82) is 0 Å². The van der Waals surface area contributed by atoms with Crippen LogP contribution in [0.3, 0.4) is 0 Å². The van der Waals surface area contributed by atoms with Crippen molar-refractivity contribution in [2.24, 2.45) is 5.92 Å². The van der Waals surface area contributed by atoms with Crippen LogP contribution in [-0.2, 0) is 5.75 Å². The SMILES string of the molecule is CC(C)CCSCc1ccccc1N. The van der Waals surface area contributed by atoms with E-state index in [1.807, 2.05) is 23.9 Å². The van der Waals surface area contributed by atoms with Crippen LogP contribution in [0.2, 0.25) is 0 Å². The second-order valence-corrected chi connectivity index (χ2v) is 5.04. The molecule has 0 aliphatic rings. The lowest BCUT2D eigenvalue weighted by molar-refractivity contribution is 0.632. The molecule has 0 amide bonds. The molecule has 0 atom stereocenters. The van der Waals surface area contributed by atoms with Gasteiger partial charge in [0.2, 0.25) is 0 Å². The van der Waals surface area contributed by atoms with Crippen LogP contribution in [0.5, 0.6) is 0 Å². The third kappa shape index (κ3) is 4.05. The summed E-state index contributed by atoms with van der Waals surface area (Å²) in [5.74, 6) is 3.07. The molecule has 0 spiro atoms. The molecule has 78 valence electrons. The number of hydrogen-bond acceptors (Lipinski definition) is 2. The topological polar surface area (TPSA) is 26.0 Å². The standard InChI is InChI=1S/C12H19NS/c1-10(2)7-8-14-9-11-5-3-4-6-12(11)13/h3-6,10H,7-9,13H2,1-2H3. The van der Waals surface area contributed by atoms with Crippen LogP contribution in [0, 0.1) is 5.92 Å². The number of hydrogen-bond donors (Lipinski definition) is 1. The van der Waals surface area contributed by atoms with Gasteiger partial charge in [-0.2, -0.15) is 11.8 Å². The Bertz CT molecular complexity index is 271. The quantitative estimate of drug-likeness (QED) is 0.593. The molecule has 1 aromatic carbocycles. The van der Waals surface area contributed by atoms with Crippen molar-refractivity contribution < 1.29 is 0 Å². The molecule has 14 heavy (non-hydrogen) atoms. The minimum Gasteiger partial charge on any atom is -0.398 e. The molecule has 0 saturated heterocycles. The summed E-state index contributed by atoms with van der Waals surface area (Å²) in [4.78, 5) is 0. The fourth-order valence-corrected chi connectivity index (χ4v) is 2.43. The highest BCUT2D eigenvalue weighted by Gasteiger charge is 1.98. The van der Waals surface area contributed by atoms with E-state index < -0.39 is 0 Å². The van der Waals surface area contributed by atoms with Crippen LogP contribution >= 0.6 is 11.8 Å². The average molecular weight is 209 g/mol. The molecule has 1 aromatic rings. The molecule has 1 rings (SSSR count). The first-order valence-electron chi connectivity index (χ1n) is 5.11. The lowest BCUT2D eigenvalue weighted by atomic mass is 10.2. The number of benzene rings is 1. The molecule has 2 N–H and O–H groups in total. The van der Waals surface area contributed by atoms with Crippen molar-refractivity contribution in [3.63, 3.8) is 0 Å². The van der Waals surface area contributed by atoms with E-state index in [0.29, 0.717) is 0 Å². The normalized spacial score (nSPS) is 10.8. The number of rotatable bonds is 5. The van der Waals surface area contributed by atoms with Crippen molar-refractivity contribution in [1.82, 2.24) is 0 Å². The third-order valence-electron chi connectivity index (χ3n) is 2.15. The van der Waals surface area contributed by atoms with Crippen LogP contribution in [0.4, 0.5) is 5.69 Å². The smallest absolute Gasteiger partial charge is 0.0355 e. The largest absolute Gasteiger partial charge is 0.398 e. The number of thioether (sulfide) groups is 1. The highest BCUT2D eigenvalue weighted by atomic mass is 32.2. The summed E-state index contributed by atoms with van der Waals surface area (Å²) in [5, 5.41) is 0. The van der Waals surface area contributed by atoms with E-state index in [1.165, 1.54) is 17.7 Å². The maximum absolute atomic E-state index is 5.85. The van der Waals surface area contributed by atoms with Crippen molar-refractivity contribution >= 4 is 17.4 Å². The van der Waals surface area contributed by atoms with Crippen molar-refractivity contribution in [3.05, 3.63) is 29.8 Å². The molecular formula is C12H19NS. The molecule has 0 heterocycles. The fraction of sp³-hybridized carbons (Fsp3) is 0.500. The predicted octanol–water partition coefficient (Wildman–Crippen LogP) is 3.55. The summed E-state index contributed by atoms with van der Waals surface area (Å²) in [6.45, 7) is 4.52. The first-order valence-corrected chi connectivity index (χ1v) is 6.26. The highest BCUT2D eigenvalue weighted by molar-refractivity contribution is 7.98. The molecule has 0 unspecified atom stereocenters. The number of para-hydroxylation sites is 1. The first kappa shape index (κ1) is 11.4. The van der Waals surface area contributed by atoms with Gasteiger partial charge in [-0.1, -0.05) is 32.0 Å². The highest BCUT2D eigenvalue weighted by Crippen LogP contribution is 2.19. The van der Waals surface area contributed by atoms with Gasteiger partial charge in [0.1, 0.15) is 0 Å². The van der Waals surface area contributed by atoms with E-state index in [2.05, 4.69) is 26.0 Å². The van der Waals surface area contributed by atoms with E-state index in [4.69, 9.17) is 5.73 Å². The maximum Gasteiger partial charge on any atom is 0.0355 e. The van der Waals surface area contributed by atoms with Gasteiger partial charge < -0.3 is 5.73 Å². The lowest BCUT2D eigenvalue weighted by Crippen LogP contribution is -1.94. The number of anilines is 1. The number of nitrogens with two attached hydrogens (primary N) is 1. The van der Waals surface area contributed by atoms with Gasteiger partial charge in [0.15, 0.2) is 0 Å². The second-order valence-electron chi connectivity index (χ2n) is 3.93. The van der Waals surface area contributed by atoms with Crippen molar-refractivity contribution in [2.75, 3.05) is 11.5 Å². The molecule has 0 aromatic heterocycles. The second kappa shape index (κ2) is 5.97. The van der Waals surface area contributed by atoms with Gasteiger partial charge in [0, 0.05) is 11.4 Å². The van der Waals surface area contributed by atoms with E-state index in [0.717, 1.165) is 17.4 Å². The van der Waals surface area contributed by atoms with Gasteiger partial charge in [-0.25, -0.2) is 0 Å². The fourth-order valence-electron chi connectivity index (χ4n) is 1.17. The minimum atomic E-state index is 0.802. The van der Waals surface area contributed by atoms with Gasteiger partial charge in [-0.05, 0) is 29.7 Å². The van der Waals surface area contributed by atoms with Gasteiger partial charge in [-0.3, -0.25) is 0 Å². The first-order chi connectivity index (χ1) is 6.70. The van der Waals surface area contributed by atoms with Crippen LogP contribution < -0.4 is 5.73 Å². The molecular weight excluding hydrogens is 190 g/mol. The molecule has 0 bridgehead atoms. The Kier molecular flexibility index (Phi) is 4.88. The zero-order valence-corrected chi connectivity index (χ0v) is 9.81. The Labute approximate surface area is 91.1 Å². The zero-order valence-electron chi connectivity index (χ0n) is 8.99. The van der Waals surface area contributed by atoms with Crippen LogP contribution in [0.15, 0.2) is 24.3 Å². The monoisotopic (exact) mass is 209 g/mol. The third-order valence-corrected chi connectivity index (χ3v) is 3.19. The van der Waals surface area contributed by atoms with Gasteiger partial charge >= 0.3 is 0 Å². The molecule has 0 radical (unpaired) electrons. The van der Waals surface area contributed by atoms with Crippen molar-refractivity contribution in [3.8, 4) is 0 Å². The summed E-state index contributed by atoms with van der Waals surface area (Å²) in [6, 6.07) is 8.11. The van der Waals surface area contributed by atoms with E-state index >= 15 is 0 Å². The Morgan fingerprint density at radius 1 is 1.29 bits per heavy atom. The van der Waals surface area contributed by atoms with E-state index in [1.54, 1.807) is 0 Å². The molecule has 0 aliphatic heterocycles. The average Bonchev–Trinajstić information content (AvgIpc) is 2.15. The minimum absolute atomic E-state index is 0.802. The lowest BCUT2D eigenvalue weighted by Gasteiger charge is -2.06. The molecule has 1 nitrogen and oxygen atoms in total. The molecule has 0 aliphatic carbocycles. The zero-order chi connectivity index (χ0) is 10.4. The predicted molar refractivity (Wildman–Crippen MR) is 66.5 cm³/mol. The Morgan fingerprint density at radius 3 is 2.64 bits per heavy atom. The number of nitrogen functional groups attached to an aromatic ring is 1. The summed E-state index contributed by atoms with van der Waals surface area (Å²) in [6.07, 6.45) is 1.29. The maximum atomic E-state index is 5.85. The Morgan fingerprint density at radius 2 is 2.00 bits per heavy atom. The van der Waals surface area contributed by atoms with Crippen molar-refractivity contribution in [2.45, 2.75) is 26.0 Å². The van der Waals surface area contributed by atoms with E-state index in [-0.39, 0.29) is 0 Å². The van der Waals surface area contributed by atoms with Crippen LogP contribution in [0.25, 0.3) is 0 Å². The van der Waals surface area contributed by atoms with Gasteiger partial charge in [0.25, 0.3) is 0 Å². The Balaban J connectivity index is 2.28. The molecule has 0 saturated carbocycles. The van der Waals surface area contributed by atoms with Crippen LogP contribution in [-0.4, -0.2) is 5.75 Å².